The van der Waals surface area contributed by atoms with Crippen LogP contribution in [0, 0.1) is 13.8 Å². The lowest BCUT2D eigenvalue weighted by atomic mass is 10.1. The van der Waals surface area contributed by atoms with Crippen LogP contribution in [-0.4, -0.2) is 17.7 Å². The summed E-state index contributed by atoms with van der Waals surface area (Å²) in [4.78, 5) is 13.0. The van der Waals surface area contributed by atoms with Crippen molar-refractivity contribution in [2.75, 3.05) is 5.01 Å². The van der Waals surface area contributed by atoms with E-state index in [0.717, 1.165) is 22.6 Å². The Morgan fingerprint density at radius 1 is 1.04 bits per heavy atom. The second kappa shape index (κ2) is 7.16. The van der Waals surface area contributed by atoms with Crippen LogP contribution in [0.2, 0.25) is 0 Å². The van der Waals surface area contributed by atoms with Crippen LogP contribution in [-0.2, 0) is 4.79 Å². The highest BCUT2D eigenvalue weighted by atomic mass is 16.5. The number of ether oxygens (including phenoxy) is 1. The van der Waals surface area contributed by atoms with Gasteiger partial charge in [-0.2, -0.15) is 10.1 Å². The third-order valence-corrected chi connectivity index (χ3v) is 4.38. The molecule has 4 heteroatoms. The molecule has 1 aliphatic rings. The van der Waals surface area contributed by atoms with E-state index >= 15 is 0 Å². The van der Waals surface area contributed by atoms with Crippen LogP contribution in [0.1, 0.15) is 37.5 Å². The number of hydrogen-bond donors (Lipinski definition) is 0. The van der Waals surface area contributed by atoms with Gasteiger partial charge in [-0.05, 0) is 70.0 Å². The fraction of sp³-hybridized carbons (Fsp3) is 0.273. The molecule has 0 aliphatic carbocycles. The highest BCUT2D eigenvalue weighted by Gasteiger charge is 2.29. The predicted octanol–water partition coefficient (Wildman–Crippen LogP) is 4.90. The van der Waals surface area contributed by atoms with E-state index in [-0.39, 0.29) is 12.0 Å². The minimum Gasteiger partial charge on any atom is -0.490 e. The smallest absolute Gasteiger partial charge is 0.280 e. The number of benzene rings is 2. The predicted molar refractivity (Wildman–Crippen MR) is 107 cm³/mol. The topological polar surface area (TPSA) is 41.9 Å². The van der Waals surface area contributed by atoms with E-state index in [9.17, 15) is 4.79 Å². The number of para-hydroxylation sites is 1. The first-order valence-corrected chi connectivity index (χ1v) is 8.81. The van der Waals surface area contributed by atoms with E-state index in [0.29, 0.717) is 11.3 Å². The van der Waals surface area contributed by atoms with Gasteiger partial charge in [-0.3, -0.25) is 4.79 Å². The zero-order valence-electron chi connectivity index (χ0n) is 15.9. The first-order valence-electron chi connectivity index (χ1n) is 8.81. The van der Waals surface area contributed by atoms with Gasteiger partial charge in [0.25, 0.3) is 5.91 Å². The molecular weight excluding hydrogens is 324 g/mol. The molecule has 0 saturated heterocycles. The van der Waals surface area contributed by atoms with Gasteiger partial charge in [-0.15, -0.1) is 0 Å². The second-order valence-electron chi connectivity index (χ2n) is 6.83. The van der Waals surface area contributed by atoms with Crippen LogP contribution in [0.5, 0.6) is 5.75 Å². The largest absolute Gasteiger partial charge is 0.490 e. The third kappa shape index (κ3) is 3.54. The molecule has 26 heavy (non-hydrogen) atoms. The Kier molecular flexibility index (Phi) is 4.94. The van der Waals surface area contributed by atoms with Gasteiger partial charge in [0.2, 0.25) is 0 Å². The summed E-state index contributed by atoms with van der Waals surface area (Å²) in [6.07, 6.45) is 1.93. The molecule has 0 saturated carbocycles. The molecule has 4 nitrogen and oxygen atoms in total. The minimum absolute atomic E-state index is 0.0654. The summed E-state index contributed by atoms with van der Waals surface area (Å²) >= 11 is 0. The van der Waals surface area contributed by atoms with Crippen molar-refractivity contribution in [2.45, 2.75) is 40.7 Å². The fourth-order valence-corrected chi connectivity index (χ4v) is 2.83. The van der Waals surface area contributed by atoms with Crippen LogP contribution in [0.3, 0.4) is 0 Å². The zero-order chi connectivity index (χ0) is 18.8. The van der Waals surface area contributed by atoms with Crippen molar-refractivity contribution in [3.05, 3.63) is 64.7 Å². The summed E-state index contributed by atoms with van der Waals surface area (Å²) in [6.45, 7) is 9.91. The van der Waals surface area contributed by atoms with Crippen molar-refractivity contribution in [1.82, 2.24) is 0 Å². The number of anilines is 1. The number of hydrogen-bond acceptors (Lipinski definition) is 3. The van der Waals surface area contributed by atoms with Crippen LogP contribution in [0.4, 0.5) is 5.69 Å². The Hall–Kier alpha value is -2.88. The molecule has 0 bridgehead atoms. The van der Waals surface area contributed by atoms with Crippen LogP contribution < -0.4 is 9.75 Å². The molecule has 134 valence electrons. The molecule has 3 rings (SSSR count). The van der Waals surface area contributed by atoms with Crippen LogP contribution in [0.15, 0.2) is 53.1 Å². The lowest BCUT2D eigenvalue weighted by Crippen LogP contribution is -2.21. The summed E-state index contributed by atoms with van der Waals surface area (Å²) in [7, 11) is 0. The minimum atomic E-state index is -0.120. The van der Waals surface area contributed by atoms with Gasteiger partial charge in [0.1, 0.15) is 5.75 Å². The van der Waals surface area contributed by atoms with E-state index in [2.05, 4.69) is 12.0 Å². The van der Waals surface area contributed by atoms with Gasteiger partial charge in [-0.25, -0.2) is 0 Å². The Morgan fingerprint density at radius 2 is 1.77 bits per heavy atom. The molecule has 0 aromatic heterocycles. The number of rotatable bonds is 4. The van der Waals surface area contributed by atoms with Crippen LogP contribution >= 0.6 is 0 Å². The normalized spacial score (nSPS) is 15.8. The van der Waals surface area contributed by atoms with Gasteiger partial charge in [-0.1, -0.05) is 24.3 Å². The van der Waals surface area contributed by atoms with Crippen molar-refractivity contribution < 1.29 is 9.53 Å². The fourth-order valence-electron chi connectivity index (χ4n) is 2.83. The number of aryl methyl sites for hydroxylation is 2. The third-order valence-electron chi connectivity index (χ3n) is 4.38. The Labute approximate surface area is 154 Å². The molecule has 1 aliphatic heterocycles. The van der Waals surface area contributed by atoms with Crippen molar-refractivity contribution in [2.24, 2.45) is 5.10 Å². The summed E-state index contributed by atoms with van der Waals surface area (Å²) in [6, 6.07) is 13.7. The molecule has 2 aromatic rings. The molecule has 0 atom stereocenters. The van der Waals surface area contributed by atoms with E-state index in [1.165, 1.54) is 10.6 Å². The van der Waals surface area contributed by atoms with E-state index < -0.39 is 0 Å². The number of carbonyl (C=O) groups excluding carboxylic acids is 1. The first-order chi connectivity index (χ1) is 12.4. The van der Waals surface area contributed by atoms with Crippen molar-refractivity contribution >= 4 is 23.4 Å². The summed E-state index contributed by atoms with van der Waals surface area (Å²) < 4.78 is 5.86. The maximum atomic E-state index is 13.0. The lowest BCUT2D eigenvalue weighted by molar-refractivity contribution is -0.114. The SMILES string of the molecule is CC1=NN(c2ccc(C)c(C)c2)C(=O)C1=Cc1ccccc1OC(C)C. The highest BCUT2D eigenvalue weighted by molar-refractivity contribution is 6.32. The molecule has 0 radical (unpaired) electrons. The molecule has 0 fully saturated rings. The quantitative estimate of drug-likeness (QED) is 0.738. The molecule has 0 spiro atoms. The summed E-state index contributed by atoms with van der Waals surface area (Å²) in [5.41, 5.74) is 5.28. The van der Waals surface area contributed by atoms with E-state index in [4.69, 9.17) is 4.74 Å². The lowest BCUT2D eigenvalue weighted by Gasteiger charge is -2.14. The van der Waals surface area contributed by atoms with E-state index in [1.807, 2.05) is 76.2 Å². The second-order valence-corrected chi connectivity index (χ2v) is 6.83. The number of hydrazone groups is 1. The number of nitrogens with zero attached hydrogens (tertiary/aromatic N) is 2. The van der Waals surface area contributed by atoms with Crippen LogP contribution in [0.25, 0.3) is 6.08 Å². The van der Waals surface area contributed by atoms with Crippen molar-refractivity contribution in [1.29, 1.82) is 0 Å². The average molecular weight is 348 g/mol. The molecule has 1 amide bonds. The highest BCUT2D eigenvalue weighted by Crippen LogP contribution is 2.29. The maximum absolute atomic E-state index is 13.0. The first kappa shape index (κ1) is 17.9. The van der Waals surface area contributed by atoms with Gasteiger partial charge < -0.3 is 4.74 Å². The molecule has 0 N–H and O–H groups in total. The van der Waals surface area contributed by atoms with Gasteiger partial charge in [0.15, 0.2) is 0 Å². The Morgan fingerprint density at radius 3 is 2.46 bits per heavy atom. The Bertz CT molecular complexity index is 910. The Balaban J connectivity index is 1.96. The standard InChI is InChI=1S/C22H24N2O2/c1-14(2)26-21-9-7-6-8-18(21)13-20-17(5)23-24(22(20)25)19-11-10-15(3)16(4)12-19/h6-14H,1-5H3. The summed E-state index contributed by atoms with van der Waals surface area (Å²) in [5, 5.41) is 5.94. The average Bonchev–Trinajstić information content (AvgIpc) is 2.87. The van der Waals surface area contributed by atoms with Gasteiger partial charge >= 0.3 is 0 Å². The summed E-state index contributed by atoms with van der Waals surface area (Å²) in [5.74, 6) is 0.644. The van der Waals surface area contributed by atoms with Gasteiger partial charge in [0, 0.05) is 5.56 Å². The number of amides is 1. The van der Waals surface area contributed by atoms with Crippen molar-refractivity contribution in [3.63, 3.8) is 0 Å². The monoisotopic (exact) mass is 348 g/mol. The molecule has 1 heterocycles. The molecule has 0 unspecified atom stereocenters. The zero-order valence-corrected chi connectivity index (χ0v) is 15.9. The molecular formula is C22H24N2O2. The van der Waals surface area contributed by atoms with Gasteiger partial charge in [0.05, 0.1) is 23.1 Å². The molecule has 2 aromatic carbocycles. The van der Waals surface area contributed by atoms with Crippen molar-refractivity contribution in [3.8, 4) is 5.75 Å². The maximum Gasteiger partial charge on any atom is 0.280 e. The van der Waals surface area contributed by atoms with E-state index in [1.54, 1.807) is 0 Å². The number of carbonyl (C=O) groups is 1.